The van der Waals surface area contributed by atoms with Gasteiger partial charge in [0.15, 0.2) is 0 Å². The number of piperidine rings is 1. The Kier molecular flexibility index (Phi) is 5.32. The lowest BCUT2D eigenvalue weighted by Gasteiger charge is -2.44. The van der Waals surface area contributed by atoms with E-state index in [9.17, 15) is 4.79 Å². The van der Waals surface area contributed by atoms with Crippen molar-refractivity contribution in [1.29, 1.82) is 0 Å². The zero-order chi connectivity index (χ0) is 16.3. The molecular formula is C19H28N2OS. The van der Waals surface area contributed by atoms with Crippen LogP contribution in [-0.2, 0) is 11.3 Å². The van der Waals surface area contributed by atoms with Gasteiger partial charge < -0.3 is 4.90 Å². The minimum absolute atomic E-state index is 0.254. The number of carbonyl (C=O) groups is 1. The maximum Gasteiger partial charge on any atom is 0.222 e. The number of nitrogens with zero attached hydrogens (tertiary/aromatic N) is 2. The zero-order valence-corrected chi connectivity index (χ0v) is 15.1. The molecule has 0 radical (unpaired) electrons. The molecule has 0 atom stereocenters. The van der Waals surface area contributed by atoms with Crippen molar-refractivity contribution in [3.63, 3.8) is 0 Å². The molecule has 0 aliphatic carbocycles. The SMILES string of the molecule is CC(C)CC(=O)N1CCC2(CC1)SCCN2Cc1ccccc1. The summed E-state index contributed by atoms with van der Waals surface area (Å²) in [4.78, 5) is 17.3. The molecule has 0 bridgehead atoms. The van der Waals surface area contributed by atoms with Gasteiger partial charge in [-0.25, -0.2) is 0 Å². The monoisotopic (exact) mass is 332 g/mol. The van der Waals surface area contributed by atoms with E-state index in [1.54, 1.807) is 0 Å². The Morgan fingerprint density at radius 2 is 1.87 bits per heavy atom. The van der Waals surface area contributed by atoms with Crippen LogP contribution in [0.2, 0.25) is 0 Å². The van der Waals surface area contributed by atoms with Crippen LogP contribution in [-0.4, -0.2) is 46.0 Å². The van der Waals surface area contributed by atoms with Gasteiger partial charge in [-0.1, -0.05) is 44.2 Å². The third-order valence-corrected chi connectivity index (χ3v) is 6.60. The molecule has 2 saturated heterocycles. The maximum absolute atomic E-state index is 12.3. The van der Waals surface area contributed by atoms with Gasteiger partial charge >= 0.3 is 0 Å². The van der Waals surface area contributed by atoms with Crippen LogP contribution in [0.25, 0.3) is 0 Å². The van der Waals surface area contributed by atoms with E-state index in [0.717, 1.165) is 32.5 Å². The molecule has 23 heavy (non-hydrogen) atoms. The average Bonchev–Trinajstić information content (AvgIpc) is 2.90. The molecule has 3 nitrogen and oxygen atoms in total. The summed E-state index contributed by atoms with van der Waals surface area (Å²) in [5.74, 6) is 2.01. The minimum atomic E-state index is 0.254. The van der Waals surface area contributed by atoms with Crippen LogP contribution in [0.15, 0.2) is 30.3 Å². The molecule has 2 fully saturated rings. The lowest BCUT2D eigenvalue weighted by atomic mass is 10.00. The molecular weight excluding hydrogens is 304 g/mol. The predicted molar refractivity (Wildman–Crippen MR) is 97.3 cm³/mol. The Bertz CT molecular complexity index is 523. The molecule has 2 aliphatic heterocycles. The molecule has 1 aromatic rings. The van der Waals surface area contributed by atoms with Crippen LogP contribution in [0.4, 0.5) is 0 Å². The molecule has 126 valence electrons. The van der Waals surface area contributed by atoms with Crippen molar-refractivity contribution in [1.82, 2.24) is 9.80 Å². The van der Waals surface area contributed by atoms with Crippen molar-refractivity contribution >= 4 is 17.7 Å². The lowest BCUT2D eigenvalue weighted by Crippen LogP contribution is -2.51. The lowest BCUT2D eigenvalue weighted by molar-refractivity contribution is -0.133. The summed E-state index contributed by atoms with van der Waals surface area (Å²) in [6, 6.07) is 10.8. The third kappa shape index (κ3) is 3.92. The number of likely N-dealkylation sites (tertiary alicyclic amines) is 1. The van der Waals surface area contributed by atoms with Crippen molar-refractivity contribution in [2.75, 3.05) is 25.4 Å². The zero-order valence-electron chi connectivity index (χ0n) is 14.3. The summed E-state index contributed by atoms with van der Waals surface area (Å²) in [5, 5.41) is 0. The van der Waals surface area contributed by atoms with Gasteiger partial charge in [-0.2, -0.15) is 0 Å². The van der Waals surface area contributed by atoms with E-state index in [4.69, 9.17) is 0 Å². The van der Waals surface area contributed by atoms with Gasteiger partial charge in [-0.15, -0.1) is 11.8 Å². The van der Waals surface area contributed by atoms with E-state index >= 15 is 0 Å². The number of hydrogen-bond acceptors (Lipinski definition) is 3. The highest BCUT2D eigenvalue weighted by molar-refractivity contribution is 8.00. The van der Waals surface area contributed by atoms with Gasteiger partial charge in [0, 0.05) is 38.4 Å². The Labute approximate surface area is 144 Å². The first-order valence-electron chi connectivity index (χ1n) is 8.80. The molecule has 0 aromatic heterocycles. The van der Waals surface area contributed by atoms with E-state index in [0.29, 0.717) is 18.2 Å². The Morgan fingerprint density at radius 1 is 1.17 bits per heavy atom. The number of amides is 1. The maximum atomic E-state index is 12.3. The summed E-state index contributed by atoms with van der Waals surface area (Å²) in [6.45, 7) is 8.29. The predicted octanol–water partition coefficient (Wildman–Crippen LogP) is 3.60. The molecule has 2 aliphatic rings. The third-order valence-electron chi connectivity index (χ3n) is 5.00. The standard InChI is InChI=1S/C19H28N2OS/c1-16(2)14-18(22)20-10-8-19(9-11-20)21(12-13-23-19)15-17-6-4-3-5-7-17/h3-7,16H,8-15H2,1-2H3. The molecule has 1 amide bonds. The molecule has 1 aromatic carbocycles. The summed E-state index contributed by atoms with van der Waals surface area (Å²) < 4.78 is 0. The molecule has 2 heterocycles. The Balaban J connectivity index is 1.61. The van der Waals surface area contributed by atoms with Gasteiger partial charge in [-0.05, 0) is 24.3 Å². The van der Waals surface area contributed by atoms with E-state index < -0.39 is 0 Å². The van der Waals surface area contributed by atoms with Crippen molar-refractivity contribution < 1.29 is 4.79 Å². The van der Waals surface area contributed by atoms with E-state index in [-0.39, 0.29) is 4.87 Å². The quantitative estimate of drug-likeness (QED) is 0.842. The van der Waals surface area contributed by atoms with Crippen LogP contribution < -0.4 is 0 Å². The Morgan fingerprint density at radius 3 is 2.52 bits per heavy atom. The van der Waals surface area contributed by atoms with Gasteiger partial charge in [0.2, 0.25) is 5.91 Å². The molecule has 0 saturated carbocycles. The fourth-order valence-electron chi connectivity index (χ4n) is 3.71. The smallest absolute Gasteiger partial charge is 0.222 e. The number of thioether (sulfide) groups is 1. The molecule has 1 spiro atoms. The average molecular weight is 333 g/mol. The van der Waals surface area contributed by atoms with Gasteiger partial charge in [-0.3, -0.25) is 9.69 Å². The first-order chi connectivity index (χ1) is 11.1. The van der Waals surface area contributed by atoms with Crippen molar-refractivity contribution in [3.8, 4) is 0 Å². The second-order valence-corrected chi connectivity index (χ2v) is 8.64. The normalized spacial score (nSPS) is 21.3. The van der Waals surface area contributed by atoms with Crippen LogP contribution in [0.5, 0.6) is 0 Å². The topological polar surface area (TPSA) is 23.6 Å². The summed E-state index contributed by atoms with van der Waals surface area (Å²) >= 11 is 2.11. The van der Waals surface area contributed by atoms with Crippen LogP contribution >= 0.6 is 11.8 Å². The molecule has 4 heteroatoms. The number of carbonyl (C=O) groups excluding carboxylic acids is 1. The highest BCUT2D eigenvalue weighted by Crippen LogP contribution is 2.44. The van der Waals surface area contributed by atoms with Crippen LogP contribution in [0.3, 0.4) is 0 Å². The van der Waals surface area contributed by atoms with E-state index in [1.165, 1.54) is 17.9 Å². The summed E-state index contributed by atoms with van der Waals surface area (Å²) in [6.07, 6.45) is 2.90. The molecule has 3 rings (SSSR count). The number of hydrogen-bond donors (Lipinski definition) is 0. The highest BCUT2D eigenvalue weighted by Gasteiger charge is 2.44. The first kappa shape index (κ1) is 16.8. The highest BCUT2D eigenvalue weighted by atomic mass is 32.2. The van der Waals surface area contributed by atoms with E-state index in [2.05, 4.69) is 65.7 Å². The number of rotatable bonds is 4. The fraction of sp³-hybridized carbons (Fsp3) is 0.632. The van der Waals surface area contributed by atoms with Crippen molar-refractivity contribution in [3.05, 3.63) is 35.9 Å². The fourth-order valence-corrected chi connectivity index (χ4v) is 5.21. The van der Waals surface area contributed by atoms with Gasteiger partial charge in [0.1, 0.15) is 0 Å². The molecule has 0 unspecified atom stereocenters. The van der Waals surface area contributed by atoms with Crippen molar-refractivity contribution in [2.24, 2.45) is 5.92 Å². The van der Waals surface area contributed by atoms with E-state index in [1.807, 2.05) is 0 Å². The van der Waals surface area contributed by atoms with Gasteiger partial charge in [0.25, 0.3) is 0 Å². The first-order valence-corrected chi connectivity index (χ1v) is 9.78. The minimum Gasteiger partial charge on any atom is -0.342 e. The molecule has 0 N–H and O–H groups in total. The second kappa shape index (κ2) is 7.27. The van der Waals surface area contributed by atoms with Crippen LogP contribution in [0, 0.1) is 5.92 Å². The Hall–Kier alpha value is -1.00. The summed E-state index contributed by atoms with van der Waals surface area (Å²) in [7, 11) is 0. The van der Waals surface area contributed by atoms with Crippen molar-refractivity contribution in [2.45, 2.75) is 44.5 Å². The summed E-state index contributed by atoms with van der Waals surface area (Å²) in [5.41, 5.74) is 1.40. The number of benzene rings is 1. The largest absolute Gasteiger partial charge is 0.342 e. The van der Waals surface area contributed by atoms with Crippen LogP contribution in [0.1, 0.15) is 38.7 Å². The second-order valence-electron chi connectivity index (χ2n) is 7.18. The van der Waals surface area contributed by atoms with Gasteiger partial charge in [0.05, 0.1) is 4.87 Å².